The molecular weight excluding hydrogens is 658 g/mol. The topological polar surface area (TPSA) is 220 Å². The zero-order valence-electron chi connectivity index (χ0n) is 27.4. The standard InChI is InChI=1S/C36H33N7O8/c1-22-14-27(20-42(16-23-6-2-10-29(38-23)33(44)45)17-24-7-3-11-30(39-24)34(46)47)37-28(15-22)21-43(18-25-8-4-12-31(40-25)35(48)49)19-26-9-5-13-32(41-26)36(50)51/h2-15H,16-21H2,1H3,(H,44,45)(H,46,47)(H,48,49)(H,50,51). The van der Waals surface area contributed by atoms with Gasteiger partial charge in [-0.05, 0) is 73.2 Å². The number of hydrogen-bond acceptors (Lipinski definition) is 11. The Morgan fingerprint density at radius 1 is 0.431 bits per heavy atom. The summed E-state index contributed by atoms with van der Waals surface area (Å²) < 4.78 is 0. The maximum Gasteiger partial charge on any atom is 0.354 e. The molecule has 15 heteroatoms. The SMILES string of the molecule is Cc1cc(CN(Cc2cccc(C(=O)O)n2)Cc2cccc(C(=O)O)n2)nc(CN(Cc2cccc(C(=O)O)n2)Cc2cccc(C(=O)O)n2)c1. The normalized spacial score (nSPS) is 11.1. The van der Waals surface area contributed by atoms with E-state index < -0.39 is 23.9 Å². The first-order valence-electron chi connectivity index (χ1n) is 15.6. The van der Waals surface area contributed by atoms with Crippen molar-refractivity contribution in [1.82, 2.24) is 34.7 Å². The molecule has 0 aromatic carbocycles. The summed E-state index contributed by atoms with van der Waals surface area (Å²) >= 11 is 0. The summed E-state index contributed by atoms with van der Waals surface area (Å²) in [6, 6.07) is 22.6. The molecule has 5 rings (SSSR count). The van der Waals surface area contributed by atoms with Crippen molar-refractivity contribution in [3.63, 3.8) is 0 Å². The monoisotopic (exact) mass is 691 g/mol. The second-order valence-electron chi connectivity index (χ2n) is 11.7. The highest BCUT2D eigenvalue weighted by atomic mass is 16.4. The van der Waals surface area contributed by atoms with E-state index in [2.05, 4.69) is 19.9 Å². The lowest BCUT2D eigenvalue weighted by Gasteiger charge is -2.24. The largest absolute Gasteiger partial charge is 0.477 e. The van der Waals surface area contributed by atoms with Gasteiger partial charge in [0.2, 0.25) is 0 Å². The van der Waals surface area contributed by atoms with Gasteiger partial charge in [0, 0.05) is 39.3 Å². The number of rotatable bonds is 16. The lowest BCUT2D eigenvalue weighted by molar-refractivity contribution is 0.0679. The van der Waals surface area contributed by atoms with E-state index in [-0.39, 0.29) is 62.0 Å². The molecule has 0 saturated heterocycles. The highest BCUT2D eigenvalue weighted by Gasteiger charge is 2.18. The molecule has 15 nitrogen and oxygen atoms in total. The molecule has 51 heavy (non-hydrogen) atoms. The number of carbonyl (C=O) groups is 4. The highest BCUT2D eigenvalue weighted by molar-refractivity contribution is 5.86. The van der Waals surface area contributed by atoms with Gasteiger partial charge in [0.05, 0.1) is 34.2 Å². The van der Waals surface area contributed by atoms with Gasteiger partial charge in [-0.3, -0.25) is 14.8 Å². The quantitative estimate of drug-likeness (QED) is 0.114. The number of carboxylic acids is 4. The number of nitrogens with zero attached hydrogens (tertiary/aromatic N) is 7. The van der Waals surface area contributed by atoms with Gasteiger partial charge in [0.25, 0.3) is 0 Å². The van der Waals surface area contributed by atoms with E-state index in [1.807, 2.05) is 28.9 Å². The molecule has 0 radical (unpaired) electrons. The molecule has 0 saturated carbocycles. The molecule has 4 N–H and O–H groups in total. The number of pyridine rings is 5. The minimum Gasteiger partial charge on any atom is -0.477 e. The average Bonchev–Trinajstić information content (AvgIpc) is 3.08. The second kappa shape index (κ2) is 16.3. The molecule has 0 amide bonds. The van der Waals surface area contributed by atoms with Crippen LogP contribution in [-0.2, 0) is 39.3 Å². The molecule has 5 aromatic heterocycles. The molecule has 0 fully saturated rings. The second-order valence-corrected chi connectivity index (χ2v) is 11.7. The number of aryl methyl sites for hydroxylation is 1. The van der Waals surface area contributed by atoms with E-state index in [0.29, 0.717) is 34.2 Å². The molecule has 0 unspecified atom stereocenters. The van der Waals surface area contributed by atoms with Crippen molar-refractivity contribution < 1.29 is 39.6 Å². The first-order chi connectivity index (χ1) is 24.4. The van der Waals surface area contributed by atoms with Gasteiger partial charge < -0.3 is 20.4 Å². The van der Waals surface area contributed by atoms with Gasteiger partial charge >= 0.3 is 23.9 Å². The van der Waals surface area contributed by atoms with Crippen LogP contribution in [0.3, 0.4) is 0 Å². The third-order valence-electron chi connectivity index (χ3n) is 7.49. The van der Waals surface area contributed by atoms with Crippen molar-refractivity contribution in [3.8, 4) is 0 Å². The van der Waals surface area contributed by atoms with Crippen molar-refractivity contribution in [1.29, 1.82) is 0 Å². The highest BCUT2D eigenvalue weighted by Crippen LogP contribution is 2.18. The molecule has 0 bridgehead atoms. The summed E-state index contributed by atoms with van der Waals surface area (Å²) in [5.41, 5.74) is 3.70. The van der Waals surface area contributed by atoms with E-state index in [0.717, 1.165) is 5.56 Å². The lowest BCUT2D eigenvalue weighted by Crippen LogP contribution is -2.26. The van der Waals surface area contributed by atoms with Crippen LogP contribution in [0.25, 0.3) is 0 Å². The Kier molecular flexibility index (Phi) is 11.5. The van der Waals surface area contributed by atoms with E-state index in [9.17, 15) is 39.6 Å². The van der Waals surface area contributed by atoms with Crippen LogP contribution in [-0.4, -0.2) is 79.0 Å². The minimum absolute atomic E-state index is 0.110. The Labute approximate surface area is 291 Å². The maximum absolute atomic E-state index is 11.6. The van der Waals surface area contributed by atoms with Crippen LogP contribution >= 0.6 is 0 Å². The lowest BCUT2D eigenvalue weighted by atomic mass is 10.1. The van der Waals surface area contributed by atoms with Crippen molar-refractivity contribution in [2.75, 3.05) is 0 Å². The molecule has 5 heterocycles. The Bertz CT molecular complexity index is 1830. The van der Waals surface area contributed by atoms with Crippen LogP contribution < -0.4 is 0 Å². The van der Waals surface area contributed by atoms with E-state index in [4.69, 9.17) is 4.98 Å². The summed E-state index contributed by atoms with van der Waals surface area (Å²) in [6.45, 7) is 3.24. The summed E-state index contributed by atoms with van der Waals surface area (Å²) in [5, 5.41) is 37.9. The van der Waals surface area contributed by atoms with Crippen LogP contribution in [0.5, 0.6) is 0 Å². The predicted molar refractivity (Wildman–Crippen MR) is 180 cm³/mol. The number of aromatic nitrogens is 5. The van der Waals surface area contributed by atoms with Crippen LogP contribution in [0.2, 0.25) is 0 Å². The Balaban J connectivity index is 1.45. The van der Waals surface area contributed by atoms with Crippen molar-refractivity contribution in [2.24, 2.45) is 0 Å². The van der Waals surface area contributed by atoms with Crippen LogP contribution in [0, 0.1) is 6.92 Å². The van der Waals surface area contributed by atoms with E-state index in [1.165, 1.54) is 24.3 Å². The van der Waals surface area contributed by atoms with Crippen LogP contribution in [0.4, 0.5) is 0 Å². The summed E-state index contributed by atoms with van der Waals surface area (Å²) in [5.74, 6) is -4.65. The fourth-order valence-electron chi connectivity index (χ4n) is 5.44. The first kappa shape index (κ1) is 35.8. The molecule has 0 atom stereocenters. The van der Waals surface area contributed by atoms with Crippen molar-refractivity contribution in [2.45, 2.75) is 46.2 Å². The number of hydrogen-bond donors (Lipinski definition) is 4. The predicted octanol–water partition coefficient (Wildman–Crippen LogP) is 4.17. The van der Waals surface area contributed by atoms with Gasteiger partial charge in [0.15, 0.2) is 0 Å². The van der Waals surface area contributed by atoms with Gasteiger partial charge in [-0.25, -0.2) is 39.1 Å². The Morgan fingerprint density at radius 2 is 0.686 bits per heavy atom. The van der Waals surface area contributed by atoms with Crippen molar-refractivity contribution in [3.05, 3.63) is 147 Å². The fraction of sp³-hybridized carbons (Fsp3) is 0.194. The molecular formula is C36H33N7O8. The average molecular weight is 692 g/mol. The molecule has 0 aliphatic rings. The number of aromatic carboxylic acids is 4. The third kappa shape index (κ3) is 10.3. The van der Waals surface area contributed by atoms with Gasteiger partial charge in [0.1, 0.15) is 22.8 Å². The maximum atomic E-state index is 11.6. The first-order valence-corrected chi connectivity index (χ1v) is 15.6. The minimum atomic E-state index is -1.16. The zero-order chi connectivity index (χ0) is 36.5. The van der Waals surface area contributed by atoms with Gasteiger partial charge in [-0.2, -0.15) is 0 Å². The fourth-order valence-corrected chi connectivity index (χ4v) is 5.44. The summed E-state index contributed by atoms with van der Waals surface area (Å²) in [4.78, 5) is 72.2. The summed E-state index contributed by atoms with van der Waals surface area (Å²) in [7, 11) is 0. The van der Waals surface area contributed by atoms with Crippen LogP contribution in [0.1, 0.15) is 81.7 Å². The zero-order valence-corrected chi connectivity index (χ0v) is 27.4. The summed E-state index contributed by atoms with van der Waals surface area (Å²) in [6.07, 6.45) is 0. The molecule has 0 spiro atoms. The molecule has 5 aromatic rings. The smallest absolute Gasteiger partial charge is 0.354 e. The van der Waals surface area contributed by atoms with Crippen molar-refractivity contribution >= 4 is 23.9 Å². The van der Waals surface area contributed by atoms with Gasteiger partial charge in [-0.15, -0.1) is 0 Å². The van der Waals surface area contributed by atoms with E-state index >= 15 is 0 Å². The molecule has 0 aliphatic heterocycles. The third-order valence-corrected chi connectivity index (χ3v) is 7.49. The molecule has 260 valence electrons. The molecule has 0 aliphatic carbocycles. The van der Waals surface area contributed by atoms with Gasteiger partial charge in [-0.1, -0.05) is 24.3 Å². The Morgan fingerprint density at radius 3 is 0.941 bits per heavy atom. The number of carboxylic acid groups (broad SMARTS) is 4. The van der Waals surface area contributed by atoms with Crippen LogP contribution in [0.15, 0.2) is 84.9 Å². The van der Waals surface area contributed by atoms with E-state index in [1.54, 1.807) is 48.5 Å². The Hall–Kier alpha value is -6.45.